The number of rotatable bonds is 10. The first-order chi connectivity index (χ1) is 38.2. The first kappa shape index (κ1) is 67.3. The van der Waals surface area contributed by atoms with Crippen LogP contribution in [0.25, 0.3) is 40.7 Å². The molecule has 0 aliphatic rings. The highest BCUT2D eigenvalue weighted by molar-refractivity contribution is 9.10. The van der Waals surface area contributed by atoms with Crippen molar-refractivity contribution in [1.29, 1.82) is 0 Å². The molecule has 82 heavy (non-hydrogen) atoms. The van der Waals surface area contributed by atoms with E-state index in [0.717, 1.165) is 42.0 Å². The Hall–Kier alpha value is -7.18. The molecule has 0 amide bonds. The Morgan fingerprint density at radius 3 is 1.33 bits per heavy atom. The Bertz CT molecular complexity index is 3800. The normalized spacial score (nSPS) is 11.3. The van der Waals surface area contributed by atoms with E-state index in [1.807, 2.05) is 6.07 Å². The molecule has 0 bridgehead atoms. The molecule has 0 radical (unpaired) electrons. The van der Waals surface area contributed by atoms with Crippen LogP contribution >= 0.6 is 54.1 Å². The Morgan fingerprint density at radius 1 is 0.512 bits per heavy atom. The third-order valence-corrected chi connectivity index (χ3v) is 13.7. The van der Waals surface area contributed by atoms with Crippen molar-refractivity contribution in [2.75, 3.05) is 16.2 Å². The molecule has 0 aliphatic carbocycles. The van der Waals surface area contributed by atoms with Gasteiger partial charge in [-0.3, -0.25) is 4.72 Å². The molecular formula is C52H40BBr2Cl2F9N8O6S2. The number of aromatic nitrogens is 5. The summed E-state index contributed by atoms with van der Waals surface area (Å²) >= 11 is 11.3. The molecule has 7 N–H and O–H groups in total. The van der Waals surface area contributed by atoms with E-state index in [0.29, 0.717) is 31.4 Å². The van der Waals surface area contributed by atoms with E-state index in [9.17, 15) is 56.3 Å². The van der Waals surface area contributed by atoms with E-state index in [1.165, 1.54) is 36.4 Å². The van der Waals surface area contributed by atoms with Gasteiger partial charge in [-0.2, -0.15) is 47.9 Å². The molecular weight excluding hydrogens is 1310 g/mol. The number of nitrogen functional groups attached to an aromatic ring is 2. The number of hydrogen-bond donors (Lipinski definition) is 5. The van der Waals surface area contributed by atoms with Gasteiger partial charge in [0.25, 0.3) is 19.1 Å². The van der Waals surface area contributed by atoms with Crippen molar-refractivity contribution in [2.45, 2.75) is 28.6 Å². The fraction of sp³-hybridized carbons (Fsp3) is 0.0577. The summed E-state index contributed by atoms with van der Waals surface area (Å²) in [4.78, 5) is 18.5. The summed E-state index contributed by atoms with van der Waals surface area (Å²) in [5, 5.41) is 16.6. The lowest BCUT2D eigenvalue weighted by molar-refractivity contribution is -0.138. The maximum absolute atomic E-state index is 13.5. The van der Waals surface area contributed by atoms with Crippen molar-refractivity contribution < 1.29 is 66.4 Å². The summed E-state index contributed by atoms with van der Waals surface area (Å²) in [5.74, 6) is -0.261. The molecule has 0 fully saturated rings. The minimum Gasteiger partial charge on any atom is -0.423 e. The second-order valence-electron chi connectivity index (χ2n) is 15.7. The summed E-state index contributed by atoms with van der Waals surface area (Å²) in [7, 11) is -4.24. The van der Waals surface area contributed by atoms with Gasteiger partial charge in [0, 0.05) is 21.8 Å². The van der Waals surface area contributed by atoms with Crippen LogP contribution in [-0.4, -0.2) is 58.9 Å². The molecule has 5 heterocycles. The minimum atomic E-state index is -4.68. The zero-order chi connectivity index (χ0) is 61.4. The first-order valence-corrected chi connectivity index (χ1v) is 28.1. The van der Waals surface area contributed by atoms with Crippen molar-refractivity contribution in [3.63, 3.8) is 0 Å². The predicted octanol–water partition coefficient (Wildman–Crippen LogP) is 13.5. The number of anilines is 3. The molecule has 0 saturated heterocycles. The van der Waals surface area contributed by atoms with Crippen LogP contribution in [0.5, 0.6) is 0 Å². The van der Waals surface area contributed by atoms with Crippen molar-refractivity contribution in [3.05, 3.63) is 213 Å². The van der Waals surface area contributed by atoms with Crippen LogP contribution in [0.1, 0.15) is 33.4 Å². The molecule has 0 atom stereocenters. The number of nitrogens with one attached hydrogen (secondary N) is 1. The summed E-state index contributed by atoms with van der Waals surface area (Å²) in [6, 6.07) is 34.3. The molecule has 8 rings (SSSR count). The van der Waals surface area contributed by atoms with Gasteiger partial charge in [-0.1, -0.05) is 134 Å². The molecule has 30 heteroatoms. The lowest BCUT2D eigenvalue weighted by atomic mass is 9.77. The zero-order valence-electron chi connectivity index (χ0n) is 41.4. The highest BCUT2D eigenvalue weighted by Crippen LogP contribution is 2.40. The minimum absolute atomic E-state index is 0.0343. The SMILES string of the molecule is C=Cc1ccccc1-c1nc(N)ccc1C(F)(F)F.C=Cc1ccccc1-c1nc(NS(=O)(=O)c2cccc(Br)n2)ccc1C(F)(F)F.C=Cc1ccccc1B(O)O.Nc1ccc(C(F)(F)F)c(Cl)n1.O=S(=O)(Cl)c1cccc(Br)n1. The zero-order valence-corrected chi connectivity index (χ0v) is 47.8. The van der Waals surface area contributed by atoms with Gasteiger partial charge in [0.2, 0.25) is 0 Å². The largest absolute Gasteiger partial charge is 0.489 e. The quantitative estimate of drug-likeness (QED) is 0.0371. The molecule has 0 saturated carbocycles. The number of nitrogens with zero attached hydrogens (tertiary/aromatic N) is 5. The summed E-state index contributed by atoms with van der Waals surface area (Å²) in [6.07, 6.45) is -9.16. The van der Waals surface area contributed by atoms with E-state index < -0.39 is 72.3 Å². The second-order valence-corrected chi connectivity index (χ2v) is 21.8. The van der Waals surface area contributed by atoms with Gasteiger partial charge in [-0.15, -0.1) is 0 Å². The van der Waals surface area contributed by atoms with Crippen molar-refractivity contribution >= 4 is 121 Å². The molecule has 5 aromatic heterocycles. The van der Waals surface area contributed by atoms with Gasteiger partial charge in [-0.25, -0.2) is 33.3 Å². The van der Waals surface area contributed by atoms with Crippen molar-refractivity contribution in [1.82, 2.24) is 24.9 Å². The number of halogens is 13. The number of sulfonamides is 1. The van der Waals surface area contributed by atoms with Gasteiger partial charge in [0.1, 0.15) is 31.8 Å². The number of pyridine rings is 5. The van der Waals surface area contributed by atoms with E-state index in [-0.39, 0.29) is 38.8 Å². The highest BCUT2D eigenvalue weighted by atomic mass is 79.9. The number of alkyl halides is 9. The third-order valence-electron chi connectivity index (χ3n) is 10.1. The fourth-order valence-corrected chi connectivity index (χ4v) is 9.35. The van der Waals surface area contributed by atoms with Crippen LogP contribution in [0.2, 0.25) is 5.15 Å². The molecule has 430 valence electrons. The van der Waals surface area contributed by atoms with E-state index in [2.05, 4.69) is 81.2 Å². The van der Waals surface area contributed by atoms with E-state index in [4.69, 9.17) is 43.8 Å². The maximum Gasteiger partial charge on any atom is 0.489 e. The van der Waals surface area contributed by atoms with Crippen molar-refractivity contribution in [2.24, 2.45) is 0 Å². The van der Waals surface area contributed by atoms with Crippen LogP contribution in [0.3, 0.4) is 0 Å². The Labute approximate surface area is 490 Å². The van der Waals surface area contributed by atoms with Crippen LogP contribution in [-0.2, 0) is 37.6 Å². The van der Waals surface area contributed by atoms with Gasteiger partial charge >= 0.3 is 25.6 Å². The van der Waals surface area contributed by atoms with Gasteiger partial charge in [0.15, 0.2) is 10.1 Å². The van der Waals surface area contributed by atoms with Gasteiger partial charge in [0.05, 0.1) is 28.1 Å². The molecule has 0 aliphatic heterocycles. The first-order valence-electron chi connectivity index (χ1n) is 22.4. The van der Waals surface area contributed by atoms with E-state index >= 15 is 0 Å². The average Bonchev–Trinajstić information content (AvgIpc) is 3.40. The highest BCUT2D eigenvalue weighted by Gasteiger charge is 2.37. The van der Waals surface area contributed by atoms with Crippen molar-refractivity contribution in [3.8, 4) is 22.5 Å². The molecule has 8 aromatic rings. The van der Waals surface area contributed by atoms with Crippen LogP contribution in [0, 0.1) is 0 Å². The number of nitrogens with two attached hydrogens (primary N) is 2. The Kier molecular flexibility index (Phi) is 24.0. The monoisotopic (exact) mass is 1350 g/mol. The Morgan fingerprint density at radius 2 is 0.915 bits per heavy atom. The fourth-order valence-electron chi connectivity index (χ4n) is 6.49. The number of hydrogen-bond acceptors (Lipinski definition) is 13. The summed E-state index contributed by atoms with van der Waals surface area (Å²) in [5.41, 5.74) is 10.0. The van der Waals surface area contributed by atoms with Crippen LogP contribution < -0.4 is 21.7 Å². The Balaban J connectivity index is 0.000000235. The molecule has 0 spiro atoms. The van der Waals surface area contributed by atoms with Crippen LogP contribution in [0.15, 0.2) is 185 Å². The average molecular weight is 1350 g/mol. The molecule has 0 unspecified atom stereocenters. The lowest BCUT2D eigenvalue weighted by Gasteiger charge is -2.16. The summed E-state index contributed by atoms with van der Waals surface area (Å²) < 4.78 is 165. The summed E-state index contributed by atoms with van der Waals surface area (Å²) in [6.45, 7) is 10.7. The number of benzene rings is 3. The lowest BCUT2D eigenvalue weighted by Crippen LogP contribution is -2.31. The third kappa shape index (κ3) is 19.8. The molecule has 3 aromatic carbocycles. The van der Waals surface area contributed by atoms with E-state index in [1.54, 1.807) is 84.9 Å². The second kappa shape index (κ2) is 29.2. The molecule has 14 nitrogen and oxygen atoms in total. The topological polar surface area (TPSA) is 237 Å². The standard InChI is InChI=1S/C19H13BrF3N3O2S.C14H11F3N2.C8H9BO2.C6H4ClF3N2.C5H3BrClNO2S/c1-2-12-6-3-4-7-13(12)18-14(19(21,22)23)10-11-16(25-18)26-29(27,28)17-9-5-8-15(20)24-17;1-2-9-5-3-4-6-10(9)13-11(14(15,16)17)7-8-12(18)19-13;1-2-7-5-3-4-6-8(7)9(10)11;7-5-3(6(8,9)10)1-2-4(11)12-5;6-4-2-1-3-5(8-4)11(7,9)10/h2-11H,1H2,(H,25,26);2-8H,1H2,(H2,18,19);2-6,10-11H,1H2;1-2H,(H2,11,12);1-3H. The predicted molar refractivity (Wildman–Crippen MR) is 307 cm³/mol. The van der Waals surface area contributed by atoms with Crippen LogP contribution in [0.4, 0.5) is 57.0 Å². The maximum atomic E-state index is 13.5. The smallest absolute Gasteiger partial charge is 0.423 e. The van der Waals surface area contributed by atoms with Gasteiger partial charge < -0.3 is 21.5 Å². The van der Waals surface area contributed by atoms with Gasteiger partial charge in [-0.05, 0) is 115 Å².